The number of rotatable bonds is 3. The minimum atomic E-state index is -0.605. The maximum absolute atomic E-state index is 9.72. The summed E-state index contributed by atoms with van der Waals surface area (Å²) in [5, 5.41) is 9.72. The van der Waals surface area contributed by atoms with Crippen molar-refractivity contribution in [1.29, 1.82) is 0 Å². The van der Waals surface area contributed by atoms with Crippen LogP contribution in [-0.2, 0) is 5.41 Å². The van der Waals surface area contributed by atoms with Crippen molar-refractivity contribution in [2.75, 3.05) is 13.7 Å². The first kappa shape index (κ1) is 13.0. The quantitative estimate of drug-likeness (QED) is 0.824. The van der Waals surface area contributed by atoms with Crippen molar-refractivity contribution in [2.24, 2.45) is 5.73 Å². The number of ether oxygens (including phenoxy) is 1. The summed E-state index contributed by atoms with van der Waals surface area (Å²) in [5.41, 5.74) is 7.36. The zero-order valence-electron chi connectivity index (χ0n) is 10.4. The Hall–Kier alpha value is -1.06. The second-order valence-electron chi connectivity index (χ2n) is 4.96. The molecule has 3 N–H and O–H groups in total. The lowest BCUT2D eigenvalue weighted by Crippen LogP contribution is -2.16. The maximum Gasteiger partial charge on any atom is 0.122 e. The number of hydrogen-bond donors (Lipinski definition) is 2. The number of aliphatic hydroxyl groups excluding tert-OH is 1. The van der Waals surface area contributed by atoms with Crippen molar-refractivity contribution in [2.45, 2.75) is 32.3 Å². The Morgan fingerprint density at radius 1 is 1.38 bits per heavy atom. The van der Waals surface area contributed by atoms with Crippen LogP contribution in [-0.4, -0.2) is 18.8 Å². The SMILES string of the molecule is COc1ccc(C(O)CN)cc1C(C)(C)C. The Morgan fingerprint density at radius 3 is 2.44 bits per heavy atom. The van der Waals surface area contributed by atoms with E-state index in [0.717, 1.165) is 16.9 Å². The molecule has 1 rings (SSSR count). The van der Waals surface area contributed by atoms with Gasteiger partial charge in [0, 0.05) is 6.54 Å². The Kier molecular flexibility index (Phi) is 3.94. The highest BCUT2D eigenvalue weighted by Gasteiger charge is 2.20. The summed E-state index contributed by atoms with van der Waals surface area (Å²) in [6.07, 6.45) is -0.605. The third-order valence-electron chi connectivity index (χ3n) is 2.64. The molecule has 1 unspecified atom stereocenters. The van der Waals surface area contributed by atoms with Gasteiger partial charge in [0.2, 0.25) is 0 Å². The Labute approximate surface area is 97.2 Å². The lowest BCUT2D eigenvalue weighted by molar-refractivity contribution is 0.186. The van der Waals surface area contributed by atoms with Crippen molar-refractivity contribution in [1.82, 2.24) is 0 Å². The van der Waals surface area contributed by atoms with Crippen molar-refractivity contribution in [3.63, 3.8) is 0 Å². The summed E-state index contributed by atoms with van der Waals surface area (Å²) in [7, 11) is 1.66. The summed E-state index contributed by atoms with van der Waals surface area (Å²) < 4.78 is 5.33. The third kappa shape index (κ3) is 2.74. The van der Waals surface area contributed by atoms with Gasteiger partial charge in [0.05, 0.1) is 13.2 Å². The minimum Gasteiger partial charge on any atom is -0.496 e. The second-order valence-corrected chi connectivity index (χ2v) is 4.96. The molecule has 0 aliphatic rings. The van der Waals surface area contributed by atoms with Gasteiger partial charge in [0.25, 0.3) is 0 Å². The second kappa shape index (κ2) is 4.85. The van der Waals surface area contributed by atoms with E-state index in [2.05, 4.69) is 20.8 Å². The molecule has 16 heavy (non-hydrogen) atoms. The summed E-state index contributed by atoms with van der Waals surface area (Å²) in [6, 6.07) is 5.71. The van der Waals surface area contributed by atoms with E-state index >= 15 is 0 Å². The van der Waals surface area contributed by atoms with E-state index < -0.39 is 6.10 Å². The molecule has 3 nitrogen and oxygen atoms in total. The standard InChI is InChI=1S/C13H21NO2/c1-13(2,3)10-7-9(11(15)8-14)5-6-12(10)16-4/h5-7,11,15H,8,14H2,1-4H3. The fourth-order valence-corrected chi connectivity index (χ4v) is 1.66. The monoisotopic (exact) mass is 223 g/mol. The van der Waals surface area contributed by atoms with Crippen LogP contribution in [0.15, 0.2) is 18.2 Å². The summed E-state index contributed by atoms with van der Waals surface area (Å²) in [4.78, 5) is 0. The zero-order valence-corrected chi connectivity index (χ0v) is 10.4. The van der Waals surface area contributed by atoms with E-state index in [-0.39, 0.29) is 12.0 Å². The van der Waals surface area contributed by atoms with Gasteiger partial charge in [-0.2, -0.15) is 0 Å². The van der Waals surface area contributed by atoms with Crippen LogP contribution in [0, 0.1) is 0 Å². The number of aliphatic hydroxyl groups is 1. The molecule has 3 heteroatoms. The molecule has 0 saturated heterocycles. The Bertz CT molecular complexity index is 355. The minimum absolute atomic E-state index is 0.0182. The fraction of sp³-hybridized carbons (Fsp3) is 0.538. The van der Waals surface area contributed by atoms with Gasteiger partial charge in [-0.1, -0.05) is 26.8 Å². The van der Waals surface area contributed by atoms with E-state index in [0.29, 0.717) is 0 Å². The molecule has 0 radical (unpaired) electrons. The highest BCUT2D eigenvalue weighted by molar-refractivity contribution is 5.42. The molecule has 0 spiro atoms. The van der Waals surface area contributed by atoms with E-state index in [1.165, 1.54) is 0 Å². The van der Waals surface area contributed by atoms with Crippen LogP contribution >= 0.6 is 0 Å². The number of nitrogens with two attached hydrogens (primary N) is 1. The molecule has 1 aromatic carbocycles. The van der Waals surface area contributed by atoms with Crippen LogP contribution in [0.25, 0.3) is 0 Å². The van der Waals surface area contributed by atoms with Gasteiger partial charge in [-0.3, -0.25) is 0 Å². The highest BCUT2D eigenvalue weighted by atomic mass is 16.5. The van der Waals surface area contributed by atoms with Crippen molar-refractivity contribution >= 4 is 0 Å². The van der Waals surface area contributed by atoms with E-state index in [1.54, 1.807) is 7.11 Å². The molecule has 0 heterocycles. The Balaban J connectivity index is 3.22. The lowest BCUT2D eigenvalue weighted by Gasteiger charge is -2.23. The van der Waals surface area contributed by atoms with Gasteiger partial charge in [-0.05, 0) is 28.7 Å². The molecule has 0 bridgehead atoms. The molecule has 0 aliphatic heterocycles. The molecule has 0 saturated carbocycles. The van der Waals surface area contributed by atoms with Crippen LogP contribution in [0.3, 0.4) is 0 Å². The topological polar surface area (TPSA) is 55.5 Å². The van der Waals surface area contributed by atoms with Gasteiger partial charge in [-0.15, -0.1) is 0 Å². The molecular formula is C13H21NO2. The predicted molar refractivity (Wildman–Crippen MR) is 65.7 cm³/mol. The average molecular weight is 223 g/mol. The van der Waals surface area contributed by atoms with Gasteiger partial charge in [-0.25, -0.2) is 0 Å². The summed E-state index contributed by atoms with van der Waals surface area (Å²) in [6.45, 7) is 6.58. The van der Waals surface area contributed by atoms with Crippen LogP contribution in [0.2, 0.25) is 0 Å². The zero-order chi connectivity index (χ0) is 12.3. The molecule has 0 aromatic heterocycles. The highest BCUT2D eigenvalue weighted by Crippen LogP contribution is 2.33. The Morgan fingerprint density at radius 2 is 2.00 bits per heavy atom. The molecule has 0 aliphatic carbocycles. The largest absolute Gasteiger partial charge is 0.496 e. The molecule has 90 valence electrons. The van der Waals surface area contributed by atoms with Crippen LogP contribution in [0.4, 0.5) is 0 Å². The van der Waals surface area contributed by atoms with Crippen LogP contribution in [0.5, 0.6) is 5.75 Å². The van der Waals surface area contributed by atoms with E-state index in [1.807, 2.05) is 18.2 Å². The predicted octanol–water partition coefficient (Wildman–Crippen LogP) is 1.98. The molecule has 1 atom stereocenters. The summed E-state index contributed by atoms with van der Waals surface area (Å²) >= 11 is 0. The van der Waals surface area contributed by atoms with Crippen LogP contribution in [0.1, 0.15) is 38.0 Å². The van der Waals surface area contributed by atoms with Crippen molar-refractivity contribution in [3.05, 3.63) is 29.3 Å². The number of methoxy groups -OCH3 is 1. The number of benzene rings is 1. The first-order valence-corrected chi connectivity index (χ1v) is 5.46. The number of hydrogen-bond acceptors (Lipinski definition) is 3. The first-order valence-electron chi connectivity index (χ1n) is 5.46. The fourth-order valence-electron chi connectivity index (χ4n) is 1.66. The lowest BCUT2D eigenvalue weighted by atomic mass is 9.85. The van der Waals surface area contributed by atoms with Crippen molar-refractivity contribution in [3.8, 4) is 5.75 Å². The molecule has 0 fully saturated rings. The van der Waals surface area contributed by atoms with E-state index in [9.17, 15) is 5.11 Å². The smallest absolute Gasteiger partial charge is 0.122 e. The normalized spacial score (nSPS) is 13.6. The van der Waals surface area contributed by atoms with Crippen LogP contribution < -0.4 is 10.5 Å². The van der Waals surface area contributed by atoms with Gasteiger partial charge in [0.1, 0.15) is 5.75 Å². The third-order valence-corrected chi connectivity index (χ3v) is 2.64. The van der Waals surface area contributed by atoms with E-state index in [4.69, 9.17) is 10.5 Å². The first-order chi connectivity index (χ1) is 7.40. The van der Waals surface area contributed by atoms with Gasteiger partial charge >= 0.3 is 0 Å². The molecule has 0 amide bonds. The summed E-state index contributed by atoms with van der Waals surface area (Å²) in [5.74, 6) is 0.848. The molecule has 1 aromatic rings. The van der Waals surface area contributed by atoms with Gasteiger partial charge in [0.15, 0.2) is 0 Å². The van der Waals surface area contributed by atoms with Gasteiger partial charge < -0.3 is 15.6 Å². The average Bonchev–Trinajstić information content (AvgIpc) is 2.26. The van der Waals surface area contributed by atoms with Crippen molar-refractivity contribution < 1.29 is 9.84 Å². The molecular weight excluding hydrogens is 202 g/mol. The maximum atomic E-state index is 9.72.